The Bertz CT molecular complexity index is 872. The molecule has 1 aliphatic carbocycles. The summed E-state index contributed by atoms with van der Waals surface area (Å²) in [6.45, 7) is 11.9. The largest absolute Gasteiger partial charge is 0.466 e. The number of aliphatic hydroxyl groups excluding tert-OH is 1. The lowest BCUT2D eigenvalue weighted by molar-refractivity contribution is -0.163. The van der Waals surface area contributed by atoms with Crippen LogP contribution in [0.25, 0.3) is 0 Å². The van der Waals surface area contributed by atoms with Gasteiger partial charge < -0.3 is 24.4 Å². The van der Waals surface area contributed by atoms with E-state index in [9.17, 15) is 19.5 Å². The number of fused-ring (bicyclic) bond motifs is 1. The summed E-state index contributed by atoms with van der Waals surface area (Å²) in [5.41, 5.74) is -1.95. The third-order valence-electron chi connectivity index (χ3n) is 9.46. The van der Waals surface area contributed by atoms with Crippen molar-refractivity contribution < 1.29 is 29.0 Å². The normalized spacial score (nSPS) is 35.4. The maximum atomic E-state index is 14.6. The number of aliphatic hydroxyl groups is 1. The van der Waals surface area contributed by atoms with E-state index in [0.717, 1.165) is 38.5 Å². The van der Waals surface area contributed by atoms with Crippen LogP contribution in [-0.4, -0.2) is 81.8 Å². The van der Waals surface area contributed by atoms with Crippen molar-refractivity contribution >= 4 is 17.8 Å². The first-order chi connectivity index (χ1) is 17.2. The Hall–Kier alpha value is -1.93. The zero-order chi connectivity index (χ0) is 26.3. The number of carbonyl (C=O) groups is 3. The summed E-state index contributed by atoms with van der Waals surface area (Å²) in [4.78, 5) is 45.5. The molecule has 1 saturated carbocycles. The molecule has 2 bridgehead atoms. The Balaban J connectivity index is 1.82. The number of likely N-dealkylation sites (tertiary alicyclic amines) is 1. The quantitative estimate of drug-likeness (QED) is 0.363. The number of ether oxygens (including phenoxy) is 2. The Morgan fingerprint density at radius 2 is 1.97 bits per heavy atom. The van der Waals surface area contributed by atoms with Crippen LogP contribution in [0.4, 0.5) is 0 Å². The second kappa shape index (κ2) is 10.4. The van der Waals surface area contributed by atoms with Crippen molar-refractivity contribution in [3.63, 3.8) is 0 Å². The number of rotatable bonds is 10. The molecule has 0 aromatic rings. The fourth-order valence-electron chi connectivity index (χ4n) is 7.51. The predicted octanol–water partition coefficient (Wildman–Crippen LogP) is 3.07. The van der Waals surface area contributed by atoms with Crippen LogP contribution in [0.1, 0.15) is 79.1 Å². The highest BCUT2D eigenvalue weighted by Gasteiger charge is 2.79. The van der Waals surface area contributed by atoms with E-state index in [0.29, 0.717) is 19.4 Å². The number of carbonyl (C=O) groups excluding carboxylic acids is 3. The zero-order valence-corrected chi connectivity index (χ0v) is 22.4. The van der Waals surface area contributed by atoms with E-state index in [4.69, 9.17) is 9.47 Å². The summed E-state index contributed by atoms with van der Waals surface area (Å²) >= 11 is 0. The van der Waals surface area contributed by atoms with Crippen LogP contribution in [0.15, 0.2) is 12.7 Å². The van der Waals surface area contributed by atoms with Crippen molar-refractivity contribution in [1.82, 2.24) is 9.80 Å². The molecule has 1 spiro atoms. The van der Waals surface area contributed by atoms with Gasteiger partial charge in [-0.15, -0.1) is 6.58 Å². The van der Waals surface area contributed by atoms with Gasteiger partial charge in [0.05, 0.1) is 30.8 Å². The molecule has 36 heavy (non-hydrogen) atoms. The molecule has 8 heteroatoms. The van der Waals surface area contributed by atoms with Gasteiger partial charge in [-0.1, -0.05) is 45.6 Å². The maximum Gasteiger partial charge on any atom is 0.312 e. The zero-order valence-electron chi connectivity index (χ0n) is 22.4. The molecule has 202 valence electrons. The van der Waals surface area contributed by atoms with Gasteiger partial charge in [0.25, 0.3) is 0 Å². The molecule has 3 aliphatic heterocycles. The van der Waals surface area contributed by atoms with Gasteiger partial charge in [0.2, 0.25) is 11.8 Å². The molecule has 0 radical (unpaired) electrons. The van der Waals surface area contributed by atoms with Crippen LogP contribution in [-0.2, 0) is 23.9 Å². The van der Waals surface area contributed by atoms with Crippen LogP contribution in [0.2, 0.25) is 0 Å². The van der Waals surface area contributed by atoms with E-state index in [2.05, 4.69) is 6.58 Å². The molecule has 2 unspecified atom stereocenters. The number of nitrogens with zero attached hydrogens (tertiary/aromatic N) is 2. The lowest BCUT2D eigenvalue weighted by Gasteiger charge is -2.43. The Morgan fingerprint density at radius 1 is 1.28 bits per heavy atom. The van der Waals surface area contributed by atoms with E-state index in [-0.39, 0.29) is 37.0 Å². The molecule has 4 rings (SSSR count). The fourth-order valence-corrected chi connectivity index (χ4v) is 7.51. The molecule has 4 fully saturated rings. The van der Waals surface area contributed by atoms with Gasteiger partial charge >= 0.3 is 5.97 Å². The minimum absolute atomic E-state index is 0.0270. The Kier molecular flexibility index (Phi) is 7.87. The van der Waals surface area contributed by atoms with Crippen LogP contribution >= 0.6 is 0 Å². The van der Waals surface area contributed by atoms with Crippen molar-refractivity contribution in [2.24, 2.45) is 17.8 Å². The highest BCUT2D eigenvalue weighted by molar-refractivity contribution is 5.99. The number of hydrogen-bond acceptors (Lipinski definition) is 6. The first-order valence-electron chi connectivity index (χ1n) is 13.9. The van der Waals surface area contributed by atoms with E-state index < -0.39 is 41.1 Å². The molecule has 8 nitrogen and oxygen atoms in total. The second-order valence-corrected chi connectivity index (χ2v) is 11.4. The minimum Gasteiger partial charge on any atom is -0.466 e. The van der Waals surface area contributed by atoms with Gasteiger partial charge in [-0.3, -0.25) is 14.4 Å². The monoisotopic (exact) mass is 504 g/mol. The topological polar surface area (TPSA) is 96.4 Å². The molecule has 2 amide bonds. The van der Waals surface area contributed by atoms with Gasteiger partial charge in [0, 0.05) is 12.6 Å². The van der Waals surface area contributed by atoms with Gasteiger partial charge in [-0.25, -0.2) is 0 Å². The van der Waals surface area contributed by atoms with Crippen LogP contribution < -0.4 is 0 Å². The van der Waals surface area contributed by atoms with E-state index >= 15 is 0 Å². The number of amides is 2. The number of esters is 1. The van der Waals surface area contributed by atoms with Crippen LogP contribution in [0, 0.1) is 17.8 Å². The average molecular weight is 505 g/mol. The van der Waals surface area contributed by atoms with E-state index in [1.807, 2.05) is 25.7 Å². The van der Waals surface area contributed by atoms with Gasteiger partial charge in [0.1, 0.15) is 17.6 Å². The Labute approximate surface area is 215 Å². The van der Waals surface area contributed by atoms with Gasteiger partial charge in [-0.05, 0) is 45.4 Å². The Morgan fingerprint density at radius 3 is 2.56 bits per heavy atom. The smallest absolute Gasteiger partial charge is 0.312 e. The van der Waals surface area contributed by atoms with Crippen molar-refractivity contribution in [1.29, 1.82) is 0 Å². The third kappa shape index (κ3) is 4.08. The summed E-state index contributed by atoms with van der Waals surface area (Å²) in [7, 11) is 0. The molecule has 3 saturated heterocycles. The van der Waals surface area contributed by atoms with Crippen LogP contribution in [0.3, 0.4) is 0 Å². The van der Waals surface area contributed by atoms with Crippen molar-refractivity contribution in [3.8, 4) is 0 Å². The average Bonchev–Trinajstić information content (AvgIpc) is 3.44. The molecule has 4 aliphatic rings. The standard InChI is InChI=1S/C28H44N2O6/c1-6-16-29(19-12-10-9-11-13-19)25(33)23-28-15-14-27(5,36-28)22(26(34)35-8-3)21(28)24(32)30(23)20(17-31)18(4)7-2/h6,18-23,31H,1,7-17H2,2-5H3/t18-,20-,21-,22+,23?,27-,28?/m0/s1. The van der Waals surface area contributed by atoms with Crippen LogP contribution in [0.5, 0.6) is 0 Å². The minimum atomic E-state index is -1.10. The lowest BCUT2D eigenvalue weighted by Crippen LogP contribution is -2.61. The van der Waals surface area contributed by atoms with Crippen molar-refractivity contribution in [3.05, 3.63) is 12.7 Å². The molecule has 7 atom stereocenters. The predicted molar refractivity (Wildman–Crippen MR) is 135 cm³/mol. The first kappa shape index (κ1) is 27.1. The number of hydrogen-bond donors (Lipinski definition) is 1. The van der Waals surface area contributed by atoms with E-state index in [1.54, 1.807) is 17.9 Å². The molecule has 0 aromatic heterocycles. The van der Waals surface area contributed by atoms with Gasteiger partial charge in [0.15, 0.2) is 0 Å². The van der Waals surface area contributed by atoms with Crippen molar-refractivity contribution in [2.45, 2.75) is 108 Å². The fraction of sp³-hybridized carbons (Fsp3) is 0.821. The molecule has 3 heterocycles. The lowest BCUT2D eigenvalue weighted by atomic mass is 9.66. The third-order valence-corrected chi connectivity index (χ3v) is 9.46. The van der Waals surface area contributed by atoms with Gasteiger partial charge in [-0.2, -0.15) is 0 Å². The highest BCUT2D eigenvalue weighted by atomic mass is 16.6. The SMILES string of the molecule is C=CCN(C(=O)C1N([C@@H](CO)[C@@H](C)CC)C(=O)[C@@H]2[C@H](C(=O)OCC)[C@]3(C)CCC12O3)C1CCCCC1. The van der Waals surface area contributed by atoms with Crippen molar-refractivity contribution in [2.75, 3.05) is 19.8 Å². The second-order valence-electron chi connectivity index (χ2n) is 11.4. The first-order valence-corrected chi connectivity index (χ1v) is 13.9. The van der Waals surface area contributed by atoms with E-state index in [1.165, 1.54) is 0 Å². The molecule has 1 N–H and O–H groups in total. The summed E-state index contributed by atoms with van der Waals surface area (Å²) in [5, 5.41) is 10.5. The molecular weight excluding hydrogens is 460 g/mol. The highest BCUT2D eigenvalue weighted by Crippen LogP contribution is 2.64. The molecular formula is C28H44N2O6. The summed E-state index contributed by atoms with van der Waals surface area (Å²) in [6, 6.07) is -1.33. The maximum absolute atomic E-state index is 14.6. The summed E-state index contributed by atoms with van der Waals surface area (Å²) in [6.07, 6.45) is 8.74. The summed E-state index contributed by atoms with van der Waals surface area (Å²) in [5.74, 6) is -2.44. The molecule has 0 aromatic carbocycles. The summed E-state index contributed by atoms with van der Waals surface area (Å²) < 4.78 is 12.1.